The number of nitriles is 1. The highest BCUT2D eigenvalue weighted by atomic mass is 16.3. The Labute approximate surface area is 226 Å². The molecule has 0 amide bonds. The van der Waals surface area contributed by atoms with Gasteiger partial charge in [0.1, 0.15) is 12.4 Å². The van der Waals surface area contributed by atoms with Crippen molar-refractivity contribution in [2.75, 3.05) is 20.1 Å². The molecular formula is C31H42N4O3. The number of carbonyl (C=O) groups is 2. The smallest absolute Gasteiger partial charge is 0.290 e. The molecule has 3 aliphatic rings. The number of nitrogens with zero attached hydrogens (tertiary/aromatic N) is 3. The van der Waals surface area contributed by atoms with Crippen molar-refractivity contribution in [1.82, 2.24) is 14.8 Å². The quantitative estimate of drug-likeness (QED) is 0.428. The van der Waals surface area contributed by atoms with Crippen LogP contribution in [0, 0.1) is 17.2 Å². The molecule has 7 heteroatoms. The summed E-state index contributed by atoms with van der Waals surface area (Å²) >= 11 is 0. The van der Waals surface area contributed by atoms with E-state index in [1.807, 2.05) is 18.2 Å². The van der Waals surface area contributed by atoms with E-state index in [4.69, 9.17) is 9.90 Å². The predicted molar refractivity (Wildman–Crippen MR) is 153 cm³/mol. The van der Waals surface area contributed by atoms with Crippen LogP contribution >= 0.6 is 0 Å². The Morgan fingerprint density at radius 1 is 1.21 bits per heavy atom. The van der Waals surface area contributed by atoms with Gasteiger partial charge in [0.2, 0.25) is 0 Å². The van der Waals surface area contributed by atoms with E-state index in [0.29, 0.717) is 23.7 Å². The van der Waals surface area contributed by atoms with Gasteiger partial charge in [-0.25, -0.2) is 0 Å². The number of rotatable bonds is 8. The van der Waals surface area contributed by atoms with E-state index in [2.05, 4.69) is 66.9 Å². The van der Waals surface area contributed by atoms with Gasteiger partial charge in [0, 0.05) is 29.1 Å². The van der Waals surface area contributed by atoms with Gasteiger partial charge in [0.25, 0.3) is 6.47 Å². The predicted octanol–water partition coefficient (Wildman–Crippen LogP) is 5.81. The van der Waals surface area contributed by atoms with Crippen molar-refractivity contribution in [3.8, 4) is 6.07 Å². The summed E-state index contributed by atoms with van der Waals surface area (Å²) in [6.45, 7) is 8.68. The molecule has 1 aromatic heterocycles. The van der Waals surface area contributed by atoms with E-state index >= 15 is 0 Å². The average molecular weight is 519 g/mol. The normalized spacial score (nSPS) is 19.3. The lowest BCUT2D eigenvalue weighted by Gasteiger charge is -2.31. The maximum absolute atomic E-state index is 11.4. The number of carboxylic acid groups (broad SMARTS) is 1. The molecule has 5 rings (SSSR count). The third-order valence-electron chi connectivity index (χ3n) is 7.98. The Bertz CT molecular complexity index is 1190. The molecule has 2 N–H and O–H groups in total. The number of hydrogen-bond donors (Lipinski definition) is 2. The summed E-state index contributed by atoms with van der Waals surface area (Å²) in [6.07, 6.45) is 14.7. The van der Waals surface area contributed by atoms with E-state index in [1.165, 1.54) is 19.3 Å². The Kier molecular flexibility index (Phi) is 10.9. The first-order valence-electron chi connectivity index (χ1n) is 13.9. The number of nitrogens with one attached hydrogen (secondary N) is 1. The van der Waals surface area contributed by atoms with Gasteiger partial charge in [-0.15, -0.1) is 0 Å². The second-order valence-electron chi connectivity index (χ2n) is 10.4. The van der Waals surface area contributed by atoms with Crippen molar-refractivity contribution in [2.45, 2.75) is 77.4 Å². The third kappa shape index (κ3) is 7.00. The van der Waals surface area contributed by atoms with Crippen LogP contribution in [-0.4, -0.2) is 59.6 Å². The van der Waals surface area contributed by atoms with Gasteiger partial charge < -0.3 is 19.9 Å². The number of allylic oxidation sites excluding steroid dienone is 2. The second-order valence-corrected chi connectivity index (χ2v) is 10.4. The van der Waals surface area contributed by atoms with E-state index in [1.54, 1.807) is 0 Å². The fraction of sp³-hybridized carbons (Fsp3) is 0.516. The van der Waals surface area contributed by atoms with Crippen molar-refractivity contribution in [2.24, 2.45) is 5.92 Å². The summed E-state index contributed by atoms with van der Waals surface area (Å²) in [4.78, 5) is 22.0. The summed E-state index contributed by atoms with van der Waals surface area (Å²) in [6, 6.07) is 9.50. The van der Waals surface area contributed by atoms with Crippen LogP contribution in [0.2, 0.25) is 0 Å². The van der Waals surface area contributed by atoms with Gasteiger partial charge >= 0.3 is 0 Å². The summed E-state index contributed by atoms with van der Waals surface area (Å²) in [5, 5.41) is 21.6. The topological polar surface area (TPSA) is 98.4 Å². The van der Waals surface area contributed by atoms with E-state index in [-0.39, 0.29) is 6.47 Å². The van der Waals surface area contributed by atoms with Crippen molar-refractivity contribution in [3.05, 3.63) is 53.2 Å². The highest BCUT2D eigenvalue weighted by molar-refractivity contribution is 5.97. The Balaban J connectivity index is 0.000000388. The molecule has 2 fully saturated rings. The van der Waals surface area contributed by atoms with Crippen LogP contribution in [-0.2, 0) is 4.79 Å². The first kappa shape index (κ1) is 29.3. The zero-order chi connectivity index (χ0) is 27.7. The summed E-state index contributed by atoms with van der Waals surface area (Å²) < 4.78 is 2.33. The van der Waals surface area contributed by atoms with E-state index in [0.717, 1.165) is 72.3 Å². The minimum Gasteiger partial charge on any atom is -0.483 e. The lowest BCUT2D eigenvalue weighted by Crippen LogP contribution is -2.37. The maximum atomic E-state index is 11.4. The molecule has 2 saturated carbocycles. The van der Waals surface area contributed by atoms with Crippen LogP contribution in [0.4, 0.5) is 0 Å². The molecule has 1 heterocycles. The Hall–Kier alpha value is -3.21. The average Bonchev–Trinajstić information content (AvgIpc) is 3.72. The van der Waals surface area contributed by atoms with Crippen LogP contribution in [0.25, 0.3) is 16.5 Å². The lowest BCUT2D eigenvalue weighted by atomic mass is 9.91. The number of aldehydes is 1. The Morgan fingerprint density at radius 3 is 2.34 bits per heavy atom. The monoisotopic (exact) mass is 518 g/mol. The number of fused-ring (bicyclic) bond motifs is 1. The van der Waals surface area contributed by atoms with Crippen LogP contribution in [0.3, 0.4) is 0 Å². The third-order valence-corrected chi connectivity index (χ3v) is 7.98. The summed E-state index contributed by atoms with van der Waals surface area (Å²) in [5.41, 5.74) is 4.58. The molecule has 3 aliphatic carbocycles. The van der Waals surface area contributed by atoms with Crippen molar-refractivity contribution >= 4 is 29.2 Å². The number of benzene rings is 1. The fourth-order valence-corrected chi connectivity index (χ4v) is 5.04. The fourth-order valence-electron chi connectivity index (χ4n) is 5.04. The molecule has 38 heavy (non-hydrogen) atoms. The highest BCUT2D eigenvalue weighted by Gasteiger charge is 2.31. The van der Waals surface area contributed by atoms with E-state index < -0.39 is 0 Å². The molecule has 0 radical (unpaired) electrons. The molecule has 0 spiro atoms. The van der Waals surface area contributed by atoms with Crippen LogP contribution < -0.4 is 5.32 Å². The number of aromatic nitrogens is 1. The standard InChI is InChI=1S/C25H27N3O.C5H13N.CH2O2/c1-16(18-6-7-18)27-20-10-8-19(9-11-20)25-23(14-26)22-12-5-17(15-29)13-24(22)28(25)21-3-2-4-21;1-4-6(3)5-2;2-1-3/h5,8-10,12-13,15-16,18,20-21,27H,2-4,6-7,11H2,1H3;4-5H2,1-3H3;1H,(H,2,3)/t16-,20?;;/m1../s1. The van der Waals surface area contributed by atoms with Gasteiger partial charge in [0.15, 0.2) is 0 Å². The van der Waals surface area contributed by atoms with Gasteiger partial charge in [0.05, 0.1) is 16.8 Å². The molecule has 2 atom stereocenters. The number of carbonyl (C=O) groups excluding carboxylic acids is 1. The molecule has 2 aromatic rings. The zero-order valence-corrected chi connectivity index (χ0v) is 23.2. The minimum atomic E-state index is -0.250. The van der Waals surface area contributed by atoms with Crippen LogP contribution in [0.15, 0.2) is 36.4 Å². The van der Waals surface area contributed by atoms with Gasteiger partial charge in [-0.05, 0) is 83.1 Å². The molecule has 0 saturated heterocycles. The largest absolute Gasteiger partial charge is 0.483 e. The highest BCUT2D eigenvalue weighted by Crippen LogP contribution is 2.42. The lowest BCUT2D eigenvalue weighted by molar-refractivity contribution is -0.122. The van der Waals surface area contributed by atoms with Gasteiger partial charge in [-0.3, -0.25) is 9.59 Å². The molecule has 7 nitrogen and oxygen atoms in total. The van der Waals surface area contributed by atoms with Crippen molar-refractivity contribution in [1.29, 1.82) is 5.26 Å². The molecule has 1 aromatic carbocycles. The van der Waals surface area contributed by atoms with Crippen LogP contribution in [0.1, 0.15) is 87.0 Å². The van der Waals surface area contributed by atoms with Crippen molar-refractivity contribution < 1.29 is 14.7 Å². The van der Waals surface area contributed by atoms with Gasteiger partial charge in [-0.1, -0.05) is 44.2 Å². The van der Waals surface area contributed by atoms with Crippen molar-refractivity contribution in [3.63, 3.8) is 0 Å². The SMILES string of the molecule is CCN(C)CC.C[C@@H](NC1C=CC(c2c(C#N)c3ccc(C=O)cc3n2C2CCC2)=CC1)C1CC1.O=CO. The molecule has 1 unspecified atom stereocenters. The van der Waals surface area contributed by atoms with E-state index in [9.17, 15) is 10.1 Å². The maximum Gasteiger partial charge on any atom is 0.290 e. The molecule has 0 aliphatic heterocycles. The minimum absolute atomic E-state index is 0.250. The summed E-state index contributed by atoms with van der Waals surface area (Å²) in [7, 11) is 2.11. The zero-order valence-electron chi connectivity index (χ0n) is 23.2. The molecular weight excluding hydrogens is 476 g/mol. The molecule has 0 bridgehead atoms. The number of hydrogen-bond acceptors (Lipinski definition) is 5. The second kappa shape index (κ2) is 14.1. The summed E-state index contributed by atoms with van der Waals surface area (Å²) in [5.74, 6) is 0.840. The first-order valence-corrected chi connectivity index (χ1v) is 13.9. The van der Waals surface area contributed by atoms with Gasteiger partial charge in [-0.2, -0.15) is 5.26 Å². The Morgan fingerprint density at radius 2 is 1.89 bits per heavy atom. The molecule has 204 valence electrons. The van der Waals surface area contributed by atoms with Crippen LogP contribution in [0.5, 0.6) is 0 Å². The first-order chi connectivity index (χ1) is 18.4.